The third kappa shape index (κ3) is 5.34. The van der Waals surface area contributed by atoms with Crippen molar-refractivity contribution in [1.82, 2.24) is 4.98 Å². The Morgan fingerprint density at radius 2 is 1.00 bits per heavy atom. The molecule has 4 nitrogen and oxygen atoms in total. The molecule has 0 radical (unpaired) electrons. The number of para-hydroxylation sites is 2. The number of benzene rings is 9. The lowest BCUT2D eigenvalue weighted by molar-refractivity contribution is 0.621. The molecular formula is C51H32N2O2. The predicted octanol–water partition coefficient (Wildman–Crippen LogP) is 14.5. The molecule has 2 aromatic heterocycles. The van der Waals surface area contributed by atoms with E-state index in [4.69, 9.17) is 13.8 Å². The molecule has 258 valence electrons. The first-order valence-corrected chi connectivity index (χ1v) is 18.5. The molecule has 55 heavy (non-hydrogen) atoms. The fourth-order valence-electron chi connectivity index (χ4n) is 7.99. The van der Waals surface area contributed by atoms with Gasteiger partial charge in [0, 0.05) is 39.0 Å². The molecule has 0 fully saturated rings. The highest BCUT2D eigenvalue weighted by Gasteiger charge is 2.19. The number of nitrogens with zero attached hydrogens (tertiary/aromatic N) is 2. The molecule has 0 aliphatic rings. The summed E-state index contributed by atoms with van der Waals surface area (Å²) in [7, 11) is 0. The van der Waals surface area contributed by atoms with Gasteiger partial charge in [-0.3, -0.25) is 0 Å². The third-order valence-corrected chi connectivity index (χ3v) is 10.7. The number of rotatable bonds is 6. The number of oxazole rings is 1. The van der Waals surface area contributed by atoms with Crippen molar-refractivity contribution >= 4 is 71.6 Å². The number of aromatic nitrogens is 1. The molecule has 0 bridgehead atoms. The Bertz CT molecular complexity index is 3230. The summed E-state index contributed by atoms with van der Waals surface area (Å²) in [6.45, 7) is 0. The average molecular weight is 705 g/mol. The number of hydrogen-bond acceptors (Lipinski definition) is 4. The van der Waals surface area contributed by atoms with Crippen molar-refractivity contribution in [1.29, 1.82) is 0 Å². The fourth-order valence-corrected chi connectivity index (χ4v) is 7.99. The molecule has 0 unspecified atom stereocenters. The Morgan fingerprint density at radius 3 is 1.85 bits per heavy atom. The summed E-state index contributed by atoms with van der Waals surface area (Å²) >= 11 is 0. The van der Waals surface area contributed by atoms with Crippen LogP contribution in [0.4, 0.5) is 17.1 Å². The Hall–Kier alpha value is -7.43. The van der Waals surface area contributed by atoms with Crippen LogP contribution in [0.3, 0.4) is 0 Å². The minimum Gasteiger partial charge on any atom is -0.456 e. The zero-order chi connectivity index (χ0) is 36.3. The molecule has 0 N–H and O–H groups in total. The van der Waals surface area contributed by atoms with Crippen LogP contribution in [0.2, 0.25) is 0 Å². The molecular weight excluding hydrogens is 673 g/mol. The van der Waals surface area contributed by atoms with E-state index in [0.717, 1.165) is 72.4 Å². The first-order chi connectivity index (χ1) is 27.2. The first-order valence-electron chi connectivity index (χ1n) is 18.5. The average Bonchev–Trinajstić information content (AvgIpc) is 3.86. The molecule has 0 amide bonds. The Kier molecular flexibility index (Phi) is 7.14. The summed E-state index contributed by atoms with van der Waals surface area (Å²) in [4.78, 5) is 7.33. The van der Waals surface area contributed by atoms with Gasteiger partial charge in [0.05, 0.1) is 0 Å². The Balaban J connectivity index is 1.01. The second-order valence-electron chi connectivity index (χ2n) is 14.0. The molecule has 0 atom stereocenters. The number of furan rings is 1. The highest BCUT2D eigenvalue weighted by Crippen LogP contribution is 2.41. The first kappa shape index (κ1) is 31.1. The van der Waals surface area contributed by atoms with Crippen molar-refractivity contribution in [2.24, 2.45) is 0 Å². The molecule has 9 aromatic carbocycles. The molecule has 0 aliphatic heterocycles. The van der Waals surface area contributed by atoms with Gasteiger partial charge < -0.3 is 13.7 Å². The molecule has 0 saturated heterocycles. The molecule has 0 aliphatic carbocycles. The van der Waals surface area contributed by atoms with Crippen molar-refractivity contribution in [3.63, 3.8) is 0 Å². The lowest BCUT2D eigenvalue weighted by atomic mass is 10.00. The second kappa shape index (κ2) is 12.6. The van der Waals surface area contributed by atoms with Gasteiger partial charge in [0.1, 0.15) is 16.7 Å². The van der Waals surface area contributed by atoms with Crippen LogP contribution in [0.25, 0.3) is 88.3 Å². The zero-order valence-electron chi connectivity index (χ0n) is 29.7. The van der Waals surface area contributed by atoms with Gasteiger partial charge in [-0.1, -0.05) is 127 Å². The third-order valence-electron chi connectivity index (χ3n) is 10.7. The van der Waals surface area contributed by atoms with Crippen LogP contribution < -0.4 is 4.90 Å². The number of anilines is 3. The van der Waals surface area contributed by atoms with E-state index in [2.05, 4.69) is 157 Å². The van der Waals surface area contributed by atoms with E-state index in [9.17, 15) is 0 Å². The van der Waals surface area contributed by atoms with Gasteiger partial charge in [-0.05, 0) is 105 Å². The molecule has 4 heteroatoms. The van der Waals surface area contributed by atoms with Crippen molar-refractivity contribution in [3.05, 3.63) is 194 Å². The molecule has 11 aromatic rings. The topological polar surface area (TPSA) is 42.4 Å². The molecule has 11 rings (SSSR count). The van der Waals surface area contributed by atoms with Crippen LogP contribution in [0.15, 0.2) is 203 Å². The minimum absolute atomic E-state index is 0.574. The van der Waals surface area contributed by atoms with Gasteiger partial charge in [0.15, 0.2) is 5.58 Å². The number of fused-ring (bicyclic) bond motifs is 6. The molecule has 2 heterocycles. The minimum atomic E-state index is 0.574. The second-order valence-corrected chi connectivity index (χ2v) is 14.0. The summed E-state index contributed by atoms with van der Waals surface area (Å²) in [5.41, 5.74) is 11.8. The van der Waals surface area contributed by atoms with Crippen LogP contribution in [0.1, 0.15) is 0 Å². The van der Waals surface area contributed by atoms with Gasteiger partial charge in [-0.25, -0.2) is 4.98 Å². The van der Waals surface area contributed by atoms with E-state index in [1.165, 1.54) is 27.1 Å². The number of hydrogen-bond donors (Lipinski definition) is 0. The summed E-state index contributed by atoms with van der Waals surface area (Å²) in [6.07, 6.45) is 0. The molecule has 0 spiro atoms. The highest BCUT2D eigenvalue weighted by atomic mass is 16.4. The SMILES string of the molecule is c1cc(-c2ccc3ccccc3c2)cc(N(c2ccc(-c3cccc4nc(-c5cccc6oc7ccccc7c56)oc34)cc2)c2ccc3ccccc3c2)c1. The standard InChI is InChI=1S/C51H32N2O2/c1-3-12-36-30-39(23-22-33(36)10-1)38-14-7-15-41(32-38)53(42-29-24-34-11-2-4-13-37(34)31-42)40-27-25-35(26-28-40)43-17-8-19-46-50(43)55-51(52-46)45-18-9-21-48-49(45)44-16-5-6-20-47(44)54-48/h1-32H. The van der Waals surface area contributed by atoms with Crippen LogP contribution in [-0.2, 0) is 0 Å². The maximum absolute atomic E-state index is 6.64. The van der Waals surface area contributed by atoms with Crippen molar-refractivity contribution in [3.8, 4) is 33.7 Å². The van der Waals surface area contributed by atoms with Crippen molar-refractivity contribution in [2.45, 2.75) is 0 Å². The fraction of sp³-hybridized carbons (Fsp3) is 0. The summed E-state index contributed by atoms with van der Waals surface area (Å²) in [6, 6.07) is 68.3. The summed E-state index contributed by atoms with van der Waals surface area (Å²) in [5.74, 6) is 0.574. The highest BCUT2D eigenvalue weighted by molar-refractivity contribution is 6.12. The van der Waals surface area contributed by atoms with Gasteiger partial charge in [0.2, 0.25) is 5.89 Å². The van der Waals surface area contributed by atoms with Crippen LogP contribution in [0, 0.1) is 0 Å². The summed E-state index contributed by atoms with van der Waals surface area (Å²) < 4.78 is 12.8. The van der Waals surface area contributed by atoms with Gasteiger partial charge >= 0.3 is 0 Å². The normalized spacial score (nSPS) is 11.6. The summed E-state index contributed by atoms with van der Waals surface area (Å²) in [5, 5.41) is 6.93. The largest absolute Gasteiger partial charge is 0.456 e. The Labute approximate surface area is 317 Å². The maximum atomic E-state index is 6.64. The maximum Gasteiger partial charge on any atom is 0.228 e. The van der Waals surface area contributed by atoms with Crippen LogP contribution in [0.5, 0.6) is 0 Å². The van der Waals surface area contributed by atoms with E-state index in [0.29, 0.717) is 5.89 Å². The zero-order valence-corrected chi connectivity index (χ0v) is 29.7. The lowest BCUT2D eigenvalue weighted by Gasteiger charge is -2.26. The van der Waals surface area contributed by atoms with E-state index >= 15 is 0 Å². The van der Waals surface area contributed by atoms with Crippen molar-refractivity contribution < 1.29 is 8.83 Å². The van der Waals surface area contributed by atoms with Gasteiger partial charge in [0.25, 0.3) is 0 Å². The Morgan fingerprint density at radius 1 is 0.382 bits per heavy atom. The van der Waals surface area contributed by atoms with E-state index in [1.54, 1.807) is 0 Å². The van der Waals surface area contributed by atoms with Crippen molar-refractivity contribution in [2.75, 3.05) is 4.90 Å². The molecule has 0 saturated carbocycles. The predicted molar refractivity (Wildman–Crippen MR) is 227 cm³/mol. The van der Waals surface area contributed by atoms with E-state index in [1.807, 2.05) is 42.5 Å². The quantitative estimate of drug-likeness (QED) is 0.173. The van der Waals surface area contributed by atoms with Gasteiger partial charge in [-0.2, -0.15) is 0 Å². The monoisotopic (exact) mass is 704 g/mol. The van der Waals surface area contributed by atoms with Crippen LogP contribution >= 0.6 is 0 Å². The van der Waals surface area contributed by atoms with E-state index < -0.39 is 0 Å². The smallest absolute Gasteiger partial charge is 0.228 e. The lowest BCUT2D eigenvalue weighted by Crippen LogP contribution is -2.10. The van der Waals surface area contributed by atoms with Gasteiger partial charge in [-0.15, -0.1) is 0 Å². The van der Waals surface area contributed by atoms with Crippen LogP contribution in [-0.4, -0.2) is 4.98 Å². The van der Waals surface area contributed by atoms with E-state index in [-0.39, 0.29) is 0 Å².